The lowest BCUT2D eigenvalue weighted by atomic mass is 10.1. The zero-order valence-electron chi connectivity index (χ0n) is 15.1. The highest BCUT2D eigenvalue weighted by atomic mass is 16.6. The molecule has 27 heavy (non-hydrogen) atoms. The van der Waals surface area contributed by atoms with Crippen LogP contribution in [0.2, 0.25) is 0 Å². The van der Waals surface area contributed by atoms with Crippen molar-refractivity contribution in [2.24, 2.45) is 0 Å². The summed E-state index contributed by atoms with van der Waals surface area (Å²) in [5, 5.41) is 19.9. The molecular formula is C16H23N5O6. The molecule has 3 rings (SSSR count). The summed E-state index contributed by atoms with van der Waals surface area (Å²) in [6.45, 7) is 1.52. The number of unbranched alkanes of at least 4 members (excludes halogenated alkanes) is 1. The van der Waals surface area contributed by atoms with Crippen LogP contribution in [0.1, 0.15) is 32.4 Å². The van der Waals surface area contributed by atoms with Crippen molar-refractivity contribution >= 4 is 23.1 Å². The highest BCUT2D eigenvalue weighted by molar-refractivity contribution is 5.77. The molecule has 4 N–H and O–H groups in total. The lowest BCUT2D eigenvalue weighted by molar-refractivity contribution is -0.158. The Labute approximate surface area is 155 Å². The van der Waals surface area contributed by atoms with Crippen molar-refractivity contribution in [3.63, 3.8) is 0 Å². The van der Waals surface area contributed by atoms with Crippen LogP contribution in [0.4, 0.5) is 5.95 Å². The van der Waals surface area contributed by atoms with Gasteiger partial charge >= 0.3 is 5.97 Å². The molecule has 0 aliphatic carbocycles. The van der Waals surface area contributed by atoms with Crippen molar-refractivity contribution in [1.82, 2.24) is 19.5 Å². The molecule has 0 amide bonds. The van der Waals surface area contributed by atoms with Crippen molar-refractivity contribution in [2.75, 3.05) is 19.5 Å². The number of nitrogens with zero attached hydrogens (tertiary/aromatic N) is 4. The lowest BCUT2D eigenvalue weighted by Crippen LogP contribution is -2.37. The number of nitrogens with two attached hydrogens (primary N) is 1. The van der Waals surface area contributed by atoms with Crippen LogP contribution in [0.5, 0.6) is 5.88 Å². The van der Waals surface area contributed by atoms with E-state index in [1.54, 1.807) is 0 Å². The molecule has 0 spiro atoms. The van der Waals surface area contributed by atoms with Crippen molar-refractivity contribution < 1.29 is 29.2 Å². The maximum Gasteiger partial charge on any atom is 0.306 e. The van der Waals surface area contributed by atoms with E-state index in [1.807, 2.05) is 6.92 Å². The van der Waals surface area contributed by atoms with Gasteiger partial charge in [-0.15, -0.1) is 0 Å². The third-order valence-electron chi connectivity index (χ3n) is 4.37. The monoisotopic (exact) mass is 381 g/mol. The number of carbonyl (C=O) groups excluding carboxylic acids is 1. The molecule has 11 heteroatoms. The zero-order valence-corrected chi connectivity index (χ0v) is 15.1. The fourth-order valence-corrected chi connectivity index (χ4v) is 2.99. The second-order valence-electron chi connectivity index (χ2n) is 6.21. The number of nitrogen functional groups attached to an aromatic ring is 1. The second kappa shape index (κ2) is 8.03. The van der Waals surface area contributed by atoms with Gasteiger partial charge in [0.15, 0.2) is 23.5 Å². The van der Waals surface area contributed by atoms with Crippen LogP contribution in [-0.2, 0) is 14.3 Å². The summed E-state index contributed by atoms with van der Waals surface area (Å²) >= 11 is 0. The van der Waals surface area contributed by atoms with Crippen LogP contribution >= 0.6 is 0 Å². The number of anilines is 1. The first-order chi connectivity index (χ1) is 13.0. The van der Waals surface area contributed by atoms with Crippen LogP contribution in [0, 0.1) is 0 Å². The Balaban J connectivity index is 1.96. The minimum Gasteiger partial charge on any atom is -0.479 e. The number of aliphatic hydroxyl groups excluding tert-OH is 2. The van der Waals surface area contributed by atoms with Gasteiger partial charge in [-0.05, 0) is 6.42 Å². The molecule has 1 aliphatic rings. The molecule has 2 aromatic heterocycles. The van der Waals surface area contributed by atoms with Crippen LogP contribution in [0.15, 0.2) is 6.33 Å². The van der Waals surface area contributed by atoms with E-state index in [4.69, 9.17) is 19.9 Å². The Bertz CT molecular complexity index is 812. The number of imidazole rings is 1. The largest absolute Gasteiger partial charge is 0.479 e. The van der Waals surface area contributed by atoms with Gasteiger partial charge in [-0.1, -0.05) is 13.3 Å². The minimum absolute atomic E-state index is 0.0326. The Morgan fingerprint density at radius 3 is 2.89 bits per heavy atom. The van der Waals surface area contributed by atoms with E-state index in [-0.39, 0.29) is 18.2 Å². The van der Waals surface area contributed by atoms with Gasteiger partial charge in [-0.3, -0.25) is 9.36 Å². The van der Waals surface area contributed by atoms with Crippen LogP contribution < -0.4 is 10.5 Å². The van der Waals surface area contributed by atoms with Crippen molar-refractivity contribution in [3.8, 4) is 5.88 Å². The number of methoxy groups -OCH3 is 1. The smallest absolute Gasteiger partial charge is 0.306 e. The number of esters is 1. The predicted octanol–water partition coefficient (Wildman–Crippen LogP) is -0.230. The van der Waals surface area contributed by atoms with Gasteiger partial charge < -0.3 is 30.2 Å². The summed E-state index contributed by atoms with van der Waals surface area (Å²) in [5.41, 5.74) is 6.36. The first kappa shape index (κ1) is 19.3. The molecule has 1 unspecified atom stereocenters. The summed E-state index contributed by atoms with van der Waals surface area (Å²) in [4.78, 5) is 24.4. The average Bonchev–Trinajstić information content (AvgIpc) is 3.20. The highest BCUT2D eigenvalue weighted by Gasteiger charge is 2.47. The maximum absolute atomic E-state index is 12.1. The molecule has 11 nitrogen and oxygen atoms in total. The molecule has 0 aromatic carbocycles. The Hall–Kier alpha value is -2.50. The molecule has 3 heterocycles. The number of hydrogen-bond donors (Lipinski definition) is 3. The maximum atomic E-state index is 12.1. The normalized spacial score (nSPS) is 25.0. The number of hydrogen-bond acceptors (Lipinski definition) is 10. The number of ether oxygens (including phenoxy) is 3. The van der Waals surface area contributed by atoms with Crippen LogP contribution in [-0.4, -0.2) is 67.7 Å². The van der Waals surface area contributed by atoms with Gasteiger partial charge in [0.2, 0.25) is 11.8 Å². The third kappa shape index (κ3) is 3.66. The Morgan fingerprint density at radius 1 is 1.44 bits per heavy atom. The van der Waals surface area contributed by atoms with E-state index in [2.05, 4.69) is 15.0 Å². The summed E-state index contributed by atoms with van der Waals surface area (Å²) in [6, 6.07) is 0. The Kier molecular flexibility index (Phi) is 5.73. The molecule has 0 bridgehead atoms. The summed E-state index contributed by atoms with van der Waals surface area (Å²) in [6.07, 6.45) is -0.954. The molecule has 1 saturated heterocycles. The van der Waals surface area contributed by atoms with Gasteiger partial charge in [0.05, 0.1) is 20.0 Å². The number of carbonyl (C=O) groups is 1. The van der Waals surface area contributed by atoms with Gasteiger partial charge in [0.25, 0.3) is 0 Å². The molecule has 1 aliphatic heterocycles. The average molecular weight is 381 g/mol. The molecule has 0 saturated carbocycles. The SMILES string of the molecule is CCCCC(=O)O[C@@H]1C(n2cnc3c(OC)nc(N)nc32)O[C@H](CO)[C@H]1O. The topological polar surface area (TPSA) is 155 Å². The van der Waals surface area contributed by atoms with E-state index in [1.165, 1.54) is 18.0 Å². The fraction of sp³-hybridized carbons (Fsp3) is 0.625. The molecule has 1 fully saturated rings. The first-order valence-corrected chi connectivity index (χ1v) is 8.68. The zero-order chi connectivity index (χ0) is 19.6. The van der Waals surface area contributed by atoms with E-state index < -0.39 is 37.1 Å². The number of fused-ring (bicyclic) bond motifs is 1. The quantitative estimate of drug-likeness (QED) is 0.548. The van der Waals surface area contributed by atoms with Crippen molar-refractivity contribution in [1.29, 1.82) is 0 Å². The molecular weight excluding hydrogens is 358 g/mol. The van der Waals surface area contributed by atoms with E-state index in [0.717, 1.165) is 6.42 Å². The summed E-state index contributed by atoms with van der Waals surface area (Å²) in [5.74, 6) is -0.302. The summed E-state index contributed by atoms with van der Waals surface area (Å²) in [7, 11) is 1.43. The number of aliphatic hydroxyl groups is 2. The van der Waals surface area contributed by atoms with Crippen LogP contribution in [0.25, 0.3) is 11.2 Å². The molecule has 148 valence electrons. The fourth-order valence-electron chi connectivity index (χ4n) is 2.99. The minimum atomic E-state index is -1.20. The summed E-state index contributed by atoms with van der Waals surface area (Å²) < 4.78 is 17.8. The van der Waals surface area contributed by atoms with Crippen LogP contribution in [0.3, 0.4) is 0 Å². The molecule has 2 aromatic rings. The first-order valence-electron chi connectivity index (χ1n) is 8.68. The number of aromatic nitrogens is 4. The second-order valence-corrected chi connectivity index (χ2v) is 6.21. The van der Waals surface area contributed by atoms with E-state index in [9.17, 15) is 15.0 Å². The lowest BCUT2D eigenvalue weighted by Gasteiger charge is -2.22. The Morgan fingerprint density at radius 2 is 2.22 bits per heavy atom. The van der Waals surface area contributed by atoms with Crippen molar-refractivity contribution in [2.45, 2.75) is 50.7 Å². The van der Waals surface area contributed by atoms with E-state index in [0.29, 0.717) is 17.6 Å². The molecule has 4 atom stereocenters. The van der Waals surface area contributed by atoms with Gasteiger partial charge in [0.1, 0.15) is 12.2 Å². The van der Waals surface area contributed by atoms with Gasteiger partial charge in [-0.2, -0.15) is 9.97 Å². The highest BCUT2D eigenvalue weighted by Crippen LogP contribution is 2.35. The third-order valence-corrected chi connectivity index (χ3v) is 4.37. The molecule has 0 radical (unpaired) electrons. The predicted molar refractivity (Wildman–Crippen MR) is 92.7 cm³/mol. The van der Waals surface area contributed by atoms with Gasteiger partial charge in [0, 0.05) is 6.42 Å². The van der Waals surface area contributed by atoms with Gasteiger partial charge in [-0.25, -0.2) is 4.98 Å². The van der Waals surface area contributed by atoms with Crippen molar-refractivity contribution in [3.05, 3.63) is 6.33 Å². The standard InChI is InChI=1S/C16H23N5O6/c1-3-4-5-9(23)27-12-11(24)8(6-22)26-15(12)21-7-18-10-13(21)19-16(17)20-14(10)25-2/h7-8,11-12,15,22,24H,3-6H2,1-2H3,(H2,17,19,20)/t8-,11-,12+,15?/m1/s1. The number of rotatable bonds is 7. The van der Waals surface area contributed by atoms with E-state index >= 15 is 0 Å².